The molecule has 2 fully saturated rings. The van der Waals surface area contributed by atoms with E-state index in [1.807, 2.05) is 0 Å². The Labute approximate surface area is 354 Å². The highest BCUT2D eigenvalue weighted by Crippen LogP contribution is 2.30. The maximum Gasteiger partial charge on any atom is 0.335 e. The molecular formula is C45H54N4O8S2. The van der Waals surface area contributed by atoms with Crippen LogP contribution in [-0.2, 0) is 11.2 Å². The number of benzene rings is 2. The zero-order chi connectivity index (χ0) is 42.0. The Morgan fingerprint density at radius 1 is 0.610 bits per heavy atom. The van der Waals surface area contributed by atoms with Crippen LogP contribution in [0.5, 0.6) is 23.3 Å². The average molecular weight is 843 g/mol. The number of aromatic carboxylic acids is 1. The molecule has 0 unspecified atom stereocenters. The smallest absolute Gasteiger partial charge is 0.335 e. The highest BCUT2D eigenvalue weighted by atomic mass is 32.2. The third kappa shape index (κ3) is 14.6. The van der Waals surface area contributed by atoms with E-state index >= 15 is 0 Å². The molecule has 12 nitrogen and oxygen atoms in total. The number of carbonyl (C=O) groups is 4. The number of pyridine rings is 2. The number of carbonyl (C=O) groups excluding carboxylic acids is 2. The highest BCUT2D eigenvalue weighted by Gasteiger charge is 2.22. The first-order chi connectivity index (χ1) is 28.6. The van der Waals surface area contributed by atoms with E-state index in [1.165, 1.54) is 49.6 Å². The zero-order valence-corrected chi connectivity index (χ0v) is 35.4. The number of carboxylic acid groups (broad SMARTS) is 2. The summed E-state index contributed by atoms with van der Waals surface area (Å²) in [4.78, 5) is 56.5. The van der Waals surface area contributed by atoms with Crippen molar-refractivity contribution in [2.24, 2.45) is 0 Å². The van der Waals surface area contributed by atoms with Gasteiger partial charge in [-0.3, -0.25) is 14.4 Å². The van der Waals surface area contributed by atoms with Gasteiger partial charge in [-0.2, -0.15) is 0 Å². The Kier molecular flexibility index (Phi) is 17.9. The van der Waals surface area contributed by atoms with Gasteiger partial charge in [0.25, 0.3) is 11.8 Å². The summed E-state index contributed by atoms with van der Waals surface area (Å²) in [5.74, 6) is 1.56. The number of amides is 2. The van der Waals surface area contributed by atoms with E-state index in [2.05, 4.69) is 34.4 Å². The number of hydrogen-bond donors (Lipinski definition) is 4. The minimum atomic E-state index is -0.985. The van der Waals surface area contributed by atoms with E-state index in [0.717, 1.165) is 62.9 Å². The summed E-state index contributed by atoms with van der Waals surface area (Å²) in [5.41, 5.74) is 2.06. The predicted octanol–water partition coefficient (Wildman–Crippen LogP) is 10.2. The third-order valence-corrected chi connectivity index (χ3v) is 12.1. The van der Waals surface area contributed by atoms with Gasteiger partial charge >= 0.3 is 11.9 Å². The molecule has 0 aliphatic heterocycles. The summed E-state index contributed by atoms with van der Waals surface area (Å²) in [6, 6.07) is 20.4. The van der Waals surface area contributed by atoms with Gasteiger partial charge in [0.2, 0.25) is 11.8 Å². The summed E-state index contributed by atoms with van der Waals surface area (Å²) in [5, 5.41) is 25.5. The molecule has 2 amide bonds. The van der Waals surface area contributed by atoms with Crippen LogP contribution in [0.3, 0.4) is 0 Å². The molecule has 0 bridgehead atoms. The van der Waals surface area contributed by atoms with E-state index in [-0.39, 0.29) is 35.9 Å². The van der Waals surface area contributed by atoms with E-state index in [4.69, 9.17) is 19.7 Å². The number of carboxylic acids is 2. The summed E-state index contributed by atoms with van der Waals surface area (Å²) in [7, 11) is 0. The number of aliphatic carboxylic acids is 1. The normalized spacial score (nSPS) is 14.3. The lowest BCUT2D eigenvalue weighted by Gasteiger charge is -2.23. The van der Waals surface area contributed by atoms with Crippen molar-refractivity contribution in [3.63, 3.8) is 0 Å². The molecule has 2 saturated carbocycles. The molecule has 4 N–H and O–H groups in total. The van der Waals surface area contributed by atoms with Crippen LogP contribution in [0.1, 0.15) is 128 Å². The van der Waals surface area contributed by atoms with Crippen molar-refractivity contribution in [2.75, 3.05) is 11.5 Å². The SMILES string of the molecule is CCCSc1nc(Oc2ccc(C(=O)O)cc2)ccc1C(=O)NC1CCCCC1.CCCSc1nc(Oc2ccc(CC(=O)O)cc2)ccc1C(=O)NC1CCCCC1. The molecule has 2 heterocycles. The Balaban J connectivity index is 0.000000224. The molecule has 0 spiro atoms. The maximum atomic E-state index is 12.8. The van der Waals surface area contributed by atoms with Gasteiger partial charge in [0.05, 0.1) is 23.1 Å². The molecule has 4 aromatic rings. The maximum absolute atomic E-state index is 12.8. The van der Waals surface area contributed by atoms with Crippen molar-refractivity contribution >= 4 is 47.3 Å². The minimum Gasteiger partial charge on any atom is -0.481 e. The second-order valence-electron chi connectivity index (χ2n) is 14.6. The highest BCUT2D eigenvalue weighted by molar-refractivity contribution is 7.99. The molecule has 2 aliphatic rings. The number of rotatable bonds is 17. The number of aromatic nitrogens is 2. The van der Waals surface area contributed by atoms with Gasteiger partial charge in [-0.25, -0.2) is 14.8 Å². The molecule has 2 aromatic heterocycles. The number of nitrogens with zero attached hydrogens (tertiary/aromatic N) is 2. The quantitative estimate of drug-likeness (QED) is 0.0741. The van der Waals surface area contributed by atoms with Gasteiger partial charge in [0.1, 0.15) is 21.6 Å². The van der Waals surface area contributed by atoms with E-state index in [1.54, 1.807) is 72.4 Å². The standard InChI is InChI=1S/C23H28N2O4S.C22H26N2O4S/c1-2-14-30-23-19(22(28)24-17-6-4-3-5-7-17)12-13-20(25-23)29-18-10-8-16(9-11-18)15-21(26)27;1-2-14-29-21-18(20(25)23-16-6-4-3-5-7-16)12-13-19(24-21)28-17-10-8-15(9-11-17)22(26)27/h8-13,17H,2-7,14-15H2,1H3,(H,24,28)(H,26,27);8-13,16H,2-7,14H2,1H3,(H,23,25)(H,26,27). The second-order valence-corrected chi connectivity index (χ2v) is 16.7. The average Bonchev–Trinajstić information content (AvgIpc) is 3.24. The number of nitrogens with one attached hydrogen (secondary N) is 2. The summed E-state index contributed by atoms with van der Waals surface area (Å²) in [6.07, 6.45) is 13.2. The molecular weight excluding hydrogens is 789 g/mol. The first-order valence-electron chi connectivity index (χ1n) is 20.5. The van der Waals surface area contributed by atoms with Crippen molar-refractivity contribution < 1.29 is 38.9 Å². The van der Waals surface area contributed by atoms with Crippen molar-refractivity contribution in [1.82, 2.24) is 20.6 Å². The van der Waals surface area contributed by atoms with Crippen LogP contribution < -0.4 is 20.1 Å². The van der Waals surface area contributed by atoms with Gasteiger partial charge in [-0.05, 0) is 104 Å². The fraction of sp³-hybridized carbons (Fsp3) is 0.422. The Bertz CT molecular complexity index is 2000. The lowest BCUT2D eigenvalue weighted by Crippen LogP contribution is -2.36. The van der Waals surface area contributed by atoms with E-state index in [0.29, 0.717) is 50.0 Å². The van der Waals surface area contributed by atoms with Gasteiger partial charge in [0, 0.05) is 24.2 Å². The number of thioether (sulfide) groups is 2. The molecule has 0 saturated heterocycles. The topological polar surface area (TPSA) is 177 Å². The zero-order valence-electron chi connectivity index (χ0n) is 33.7. The monoisotopic (exact) mass is 842 g/mol. The Morgan fingerprint density at radius 2 is 1.03 bits per heavy atom. The molecule has 2 aliphatic carbocycles. The molecule has 0 radical (unpaired) electrons. The number of hydrogen-bond acceptors (Lipinski definition) is 10. The first kappa shape index (κ1) is 45.0. The minimum absolute atomic E-state index is 0.0266. The molecule has 0 atom stereocenters. The predicted molar refractivity (Wildman–Crippen MR) is 231 cm³/mol. The van der Waals surface area contributed by atoms with Crippen LogP contribution in [0, 0.1) is 0 Å². The van der Waals surface area contributed by atoms with Crippen molar-refractivity contribution in [2.45, 2.75) is 119 Å². The Hall–Kier alpha value is -5.08. The second kappa shape index (κ2) is 23.5. The summed E-state index contributed by atoms with van der Waals surface area (Å²) >= 11 is 3.09. The van der Waals surface area contributed by atoms with Crippen molar-refractivity contribution in [3.05, 3.63) is 95.1 Å². The summed E-state index contributed by atoms with van der Waals surface area (Å²) < 4.78 is 11.6. The fourth-order valence-electron chi connectivity index (χ4n) is 6.70. The molecule has 314 valence electrons. The van der Waals surface area contributed by atoms with Crippen molar-refractivity contribution in [3.8, 4) is 23.3 Å². The molecule has 14 heteroatoms. The van der Waals surface area contributed by atoms with Gasteiger partial charge in [-0.1, -0.05) is 64.5 Å². The summed E-state index contributed by atoms with van der Waals surface area (Å²) in [6.45, 7) is 4.17. The van der Waals surface area contributed by atoms with Crippen molar-refractivity contribution in [1.29, 1.82) is 0 Å². The Morgan fingerprint density at radius 3 is 1.42 bits per heavy atom. The van der Waals surface area contributed by atoms with Crippen LogP contribution in [0.4, 0.5) is 0 Å². The van der Waals surface area contributed by atoms with Gasteiger partial charge in [-0.15, -0.1) is 23.5 Å². The fourth-order valence-corrected chi connectivity index (χ4v) is 8.44. The van der Waals surface area contributed by atoms with Crippen LogP contribution in [-0.4, -0.2) is 67.5 Å². The van der Waals surface area contributed by atoms with E-state index < -0.39 is 11.9 Å². The lowest BCUT2D eigenvalue weighted by atomic mass is 9.95. The van der Waals surface area contributed by atoms with Gasteiger partial charge in [0.15, 0.2) is 0 Å². The number of ether oxygens (including phenoxy) is 2. The largest absolute Gasteiger partial charge is 0.481 e. The van der Waals surface area contributed by atoms with Gasteiger partial charge < -0.3 is 30.3 Å². The van der Waals surface area contributed by atoms with E-state index in [9.17, 15) is 19.2 Å². The van der Waals surface area contributed by atoms with Crippen LogP contribution in [0.15, 0.2) is 82.8 Å². The van der Waals surface area contributed by atoms with Crippen LogP contribution in [0.25, 0.3) is 0 Å². The first-order valence-corrected chi connectivity index (χ1v) is 22.5. The molecule has 59 heavy (non-hydrogen) atoms. The molecule has 6 rings (SSSR count). The van der Waals surface area contributed by atoms with Crippen LogP contribution >= 0.6 is 23.5 Å². The van der Waals surface area contributed by atoms with Crippen LogP contribution in [0.2, 0.25) is 0 Å². The third-order valence-electron chi connectivity index (χ3n) is 9.75. The lowest BCUT2D eigenvalue weighted by molar-refractivity contribution is -0.136. The molecule has 2 aromatic carbocycles.